The van der Waals surface area contributed by atoms with Crippen LogP contribution in [0.5, 0.6) is 0 Å². The first-order chi connectivity index (χ1) is 12.0. The number of carbonyl (C=O) groups excluding carboxylic acids is 2. The van der Waals surface area contributed by atoms with Crippen LogP contribution in [-0.2, 0) is 35.0 Å². The van der Waals surface area contributed by atoms with Gasteiger partial charge in [0.25, 0.3) is 5.60 Å². The summed E-state index contributed by atoms with van der Waals surface area (Å²) < 4.78 is 20.9. The number of aliphatic hydroxyl groups excluding tert-OH is 1. The van der Waals surface area contributed by atoms with Gasteiger partial charge in [-0.2, -0.15) is 0 Å². The monoisotopic (exact) mass is 354 g/mol. The van der Waals surface area contributed by atoms with Gasteiger partial charge in [-0.25, -0.2) is 9.59 Å². The second kappa shape index (κ2) is 10.8. The number of aliphatic hydroxyl groups is 1. The Morgan fingerprint density at radius 3 is 2.08 bits per heavy atom. The van der Waals surface area contributed by atoms with Gasteiger partial charge in [-0.3, -0.25) is 0 Å². The largest absolute Gasteiger partial charge is 0.463 e. The lowest BCUT2D eigenvalue weighted by molar-refractivity contribution is -0.195. The lowest BCUT2D eigenvalue weighted by atomic mass is 9.94. The van der Waals surface area contributed by atoms with Crippen LogP contribution in [0, 0.1) is 0 Å². The first-order valence-electron chi connectivity index (χ1n) is 8.20. The van der Waals surface area contributed by atoms with Gasteiger partial charge in [0.1, 0.15) is 6.10 Å². The molecule has 1 atom stereocenters. The Morgan fingerprint density at radius 1 is 1.08 bits per heavy atom. The van der Waals surface area contributed by atoms with Crippen LogP contribution in [0.15, 0.2) is 30.3 Å². The van der Waals surface area contributed by atoms with E-state index in [1.54, 1.807) is 38.1 Å². The zero-order valence-electron chi connectivity index (χ0n) is 14.9. The summed E-state index contributed by atoms with van der Waals surface area (Å²) in [6.07, 6.45) is -0.730. The molecule has 1 aromatic carbocycles. The normalized spacial score (nSPS) is 12.5. The van der Waals surface area contributed by atoms with Gasteiger partial charge in [0.05, 0.1) is 26.4 Å². The van der Waals surface area contributed by atoms with E-state index in [1.165, 1.54) is 7.11 Å². The van der Waals surface area contributed by atoms with Gasteiger partial charge in [0.2, 0.25) is 0 Å². The smallest absolute Gasteiger partial charge is 0.350 e. The van der Waals surface area contributed by atoms with Crippen LogP contribution < -0.4 is 0 Å². The third-order valence-electron chi connectivity index (χ3n) is 3.56. The molecule has 1 rings (SSSR count). The maximum Gasteiger partial charge on any atom is 0.350 e. The Balaban J connectivity index is 3.20. The third kappa shape index (κ3) is 5.81. The minimum atomic E-state index is -1.96. The average molecular weight is 354 g/mol. The van der Waals surface area contributed by atoms with Crippen LogP contribution in [0.3, 0.4) is 0 Å². The third-order valence-corrected chi connectivity index (χ3v) is 3.56. The highest BCUT2D eigenvalue weighted by atomic mass is 16.6. The molecular formula is C18H26O7. The Bertz CT molecular complexity index is 507. The highest BCUT2D eigenvalue weighted by molar-refractivity contribution is 6.04. The van der Waals surface area contributed by atoms with Crippen LogP contribution in [0.2, 0.25) is 0 Å². The van der Waals surface area contributed by atoms with E-state index >= 15 is 0 Å². The lowest BCUT2D eigenvalue weighted by Gasteiger charge is -2.30. The first-order valence-corrected chi connectivity index (χ1v) is 8.20. The maximum absolute atomic E-state index is 12.6. The quantitative estimate of drug-likeness (QED) is 0.470. The predicted molar refractivity (Wildman–Crippen MR) is 90.0 cm³/mol. The fourth-order valence-corrected chi connectivity index (χ4v) is 2.21. The molecule has 25 heavy (non-hydrogen) atoms. The second-order valence-corrected chi connectivity index (χ2v) is 5.28. The number of carbonyl (C=O) groups is 2. The summed E-state index contributed by atoms with van der Waals surface area (Å²) in [6, 6.07) is 8.96. The van der Waals surface area contributed by atoms with Crippen molar-refractivity contribution in [2.75, 3.05) is 33.5 Å². The van der Waals surface area contributed by atoms with E-state index in [-0.39, 0.29) is 32.8 Å². The van der Waals surface area contributed by atoms with E-state index in [0.717, 1.165) is 0 Å². The molecule has 0 fully saturated rings. The molecule has 0 aliphatic heterocycles. The van der Waals surface area contributed by atoms with Gasteiger partial charge in [-0.15, -0.1) is 0 Å². The van der Waals surface area contributed by atoms with Crippen LogP contribution in [0.4, 0.5) is 0 Å². The molecule has 0 saturated heterocycles. The summed E-state index contributed by atoms with van der Waals surface area (Å²) in [5, 5.41) is 9.26. The molecule has 0 bridgehead atoms. The molecule has 7 heteroatoms. The number of ether oxygens (including phenoxy) is 4. The number of methoxy groups -OCH3 is 1. The molecule has 7 nitrogen and oxygen atoms in total. The molecule has 0 radical (unpaired) electrons. The molecule has 0 amide bonds. The summed E-state index contributed by atoms with van der Waals surface area (Å²) in [5.41, 5.74) is -1.25. The standard InChI is InChI=1S/C18H26O7/c1-4-23-16(20)18(17(21)24-5-2,25-13-15(12-19)22-3)11-14-9-7-6-8-10-14/h6-10,15,19H,4-5,11-13H2,1-3H3/t15-/m0/s1. The number of rotatable bonds is 11. The summed E-state index contributed by atoms with van der Waals surface area (Å²) in [7, 11) is 1.40. The van der Waals surface area contributed by atoms with Crippen molar-refractivity contribution in [2.45, 2.75) is 32.0 Å². The lowest BCUT2D eigenvalue weighted by Crippen LogP contribution is -2.54. The van der Waals surface area contributed by atoms with Crippen molar-refractivity contribution in [2.24, 2.45) is 0 Å². The van der Waals surface area contributed by atoms with E-state index in [4.69, 9.17) is 18.9 Å². The minimum Gasteiger partial charge on any atom is -0.463 e. The van der Waals surface area contributed by atoms with Gasteiger partial charge in [0.15, 0.2) is 0 Å². The fraction of sp³-hybridized carbons (Fsp3) is 0.556. The van der Waals surface area contributed by atoms with Gasteiger partial charge in [-0.05, 0) is 19.4 Å². The SMILES string of the molecule is CCOC(=O)C(Cc1ccccc1)(OC[C@H](CO)OC)C(=O)OCC. The van der Waals surface area contributed by atoms with Crippen LogP contribution >= 0.6 is 0 Å². The van der Waals surface area contributed by atoms with E-state index in [0.29, 0.717) is 5.56 Å². The number of hydrogen-bond acceptors (Lipinski definition) is 7. The highest BCUT2D eigenvalue weighted by Gasteiger charge is 2.51. The van der Waals surface area contributed by atoms with Crippen molar-refractivity contribution in [3.05, 3.63) is 35.9 Å². The Hall–Kier alpha value is -1.96. The van der Waals surface area contributed by atoms with Crippen LogP contribution in [0.1, 0.15) is 19.4 Å². The maximum atomic E-state index is 12.6. The zero-order valence-corrected chi connectivity index (χ0v) is 14.9. The van der Waals surface area contributed by atoms with E-state index < -0.39 is 23.6 Å². The van der Waals surface area contributed by atoms with E-state index in [1.807, 2.05) is 6.07 Å². The molecule has 140 valence electrons. The van der Waals surface area contributed by atoms with Gasteiger partial charge < -0.3 is 24.1 Å². The molecule has 0 saturated carbocycles. The van der Waals surface area contributed by atoms with Crippen molar-refractivity contribution < 1.29 is 33.6 Å². The Kier molecular flexibility index (Phi) is 9.12. The van der Waals surface area contributed by atoms with Gasteiger partial charge >= 0.3 is 11.9 Å². The molecule has 0 aliphatic carbocycles. The molecular weight excluding hydrogens is 328 g/mol. The fourth-order valence-electron chi connectivity index (χ4n) is 2.21. The number of esters is 2. The van der Waals surface area contributed by atoms with E-state index in [2.05, 4.69) is 0 Å². The second-order valence-electron chi connectivity index (χ2n) is 5.28. The summed E-state index contributed by atoms with van der Waals surface area (Å²) >= 11 is 0. The van der Waals surface area contributed by atoms with Crippen molar-refractivity contribution in [1.29, 1.82) is 0 Å². The van der Waals surface area contributed by atoms with Crippen LogP contribution in [-0.4, -0.2) is 62.3 Å². The molecule has 0 heterocycles. The summed E-state index contributed by atoms with van der Waals surface area (Å²) in [6.45, 7) is 2.97. The highest BCUT2D eigenvalue weighted by Crippen LogP contribution is 2.23. The molecule has 0 spiro atoms. The van der Waals surface area contributed by atoms with Gasteiger partial charge in [0, 0.05) is 13.5 Å². The Labute approximate surface area is 147 Å². The summed E-state index contributed by atoms with van der Waals surface area (Å²) in [5.74, 6) is -1.66. The predicted octanol–water partition coefficient (Wildman–Crippen LogP) is 1.12. The number of benzene rings is 1. The van der Waals surface area contributed by atoms with Crippen molar-refractivity contribution in [3.63, 3.8) is 0 Å². The van der Waals surface area contributed by atoms with Gasteiger partial charge in [-0.1, -0.05) is 30.3 Å². The molecule has 0 aliphatic rings. The Morgan fingerprint density at radius 2 is 1.64 bits per heavy atom. The zero-order chi connectivity index (χ0) is 18.7. The van der Waals surface area contributed by atoms with Crippen LogP contribution in [0.25, 0.3) is 0 Å². The topological polar surface area (TPSA) is 91.3 Å². The van der Waals surface area contributed by atoms with Crippen molar-refractivity contribution in [3.8, 4) is 0 Å². The molecule has 1 N–H and O–H groups in total. The summed E-state index contributed by atoms with van der Waals surface area (Å²) in [4.78, 5) is 25.2. The van der Waals surface area contributed by atoms with E-state index in [9.17, 15) is 14.7 Å². The number of hydrogen-bond donors (Lipinski definition) is 1. The van der Waals surface area contributed by atoms with Crippen molar-refractivity contribution in [1.82, 2.24) is 0 Å². The molecule has 0 aromatic heterocycles. The minimum absolute atomic E-state index is 0.0482. The molecule has 1 aromatic rings. The average Bonchev–Trinajstić information content (AvgIpc) is 2.62. The van der Waals surface area contributed by atoms with Crippen molar-refractivity contribution >= 4 is 11.9 Å². The first kappa shape index (κ1) is 21.1. The molecule has 0 unspecified atom stereocenters.